The largest absolute Gasteiger partial charge is 0.376 e. The zero-order chi connectivity index (χ0) is 17.5. The van der Waals surface area contributed by atoms with Crippen molar-refractivity contribution < 1.29 is 19.1 Å². The van der Waals surface area contributed by atoms with Gasteiger partial charge in [0.15, 0.2) is 0 Å². The SMILES string of the molecule is CC(C)NC(=O)[C@H](C)N1CCN(C(=O)COC[C@@H]2CCCO2)CC1. The maximum Gasteiger partial charge on any atom is 0.248 e. The quantitative estimate of drug-likeness (QED) is 0.718. The highest BCUT2D eigenvalue weighted by Crippen LogP contribution is 2.12. The van der Waals surface area contributed by atoms with Gasteiger partial charge in [0.2, 0.25) is 11.8 Å². The lowest BCUT2D eigenvalue weighted by Gasteiger charge is -2.37. The van der Waals surface area contributed by atoms with Crippen LogP contribution in [0.4, 0.5) is 0 Å². The van der Waals surface area contributed by atoms with Crippen LogP contribution in [0.25, 0.3) is 0 Å². The molecule has 2 saturated heterocycles. The van der Waals surface area contributed by atoms with Gasteiger partial charge in [-0.15, -0.1) is 0 Å². The Balaban J connectivity index is 1.65. The van der Waals surface area contributed by atoms with Crippen LogP contribution in [-0.2, 0) is 19.1 Å². The molecule has 2 atom stereocenters. The van der Waals surface area contributed by atoms with Crippen LogP contribution >= 0.6 is 0 Å². The van der Waals surface area contributed by atoms with E-state index >= 15 is 0 Å². The summed E-state index contributed by atoms with van der Waals surface area (Å²) in [6, 6.07) is -0.0239. The Morgan fingerprint density at radius 3 is 2.50 bits per heavy atom. The minimum atomic E-state index is -0.166. The first-order valence-corrected chi connectivity index (χ1v) is 8.99. The average Bonchev–Trinajstić information content (AvgIpc) is 3.07. The Morgan fingerprint density at radius 1 is 1.21 bits per heavy atom. The van der Waals surface area contributed by atoms with E-state index in [9.17, 15) is 9.59 Å². The highest BCUT2D eigenvalue weighted by atomic mass is 16.5. The van der Waals surface area contributed by atoms with Crippen LogP contribution < -0.4 is 5.32 Å². The lowest BCUT2D eigenvalue weighted by Crippen LogP contribution is -2.56. The summed E-state index contributed by atoms with van der Waals surface area (Å²) in [6.07, 6.45) is 2.24. The molecular weight excluding hydrogens is 310 g/mol. The maximum absolute atomic E-state index is 12.2. The fourth-order valence-electron chi connectivity index (χ4n) is 3.07. The minimum absolute atomic E-state index is 0.0203. The molecule has 0 radical (unpaired) electrons. The second-order valence-corrected chi connectivity index (χ2v) is 6.91. The van der Waals surface area contributed by atoms with Crippen LogP contribution in [-0.4, -0.2) is 85.8 Å². The van der Waals surface area contributed by atoms with E-state index in [1.54, 1.807) is 0 Å². The van der Waals surface area contributed by atoms with Crippen molar-refractivity contribution in [3.8, 4) is 0 Å². The fraction of sp³-hybridized carbons (Fsp3) is 0.882. The van der Waals surface area contributed by atoms with Gasteiger partial charge in [0.1, 0.15) is 6.61 Å². The number of rotatable bonds is 7. The van der Waals surface area contributed by atoms with Crippen LogP contribution in [0.3, 0.4) is 0 Å². The minimum Gasteiger partial charge on any atom is -0.376 e. The highest BCUT2D eigenvalue weighted by molar-refractivity contribution is 5.81. The normalized spacial score (nSPS) is 23.5. The van der Waals surface area contributed by atoms with Crippen molar-refractivity contribution >= 4 is 11.8 Å². The molecule has 1 N–H and O–H groups in total. The number of nitrogens with one attached hydrogen (secondary N) is 1. The predicted molar refractivity (Wildman–Crippen MR) is 90.7 cm³/mol. The summed E-state index contributed by atoms with van der Waals surface area (Å²) >= 11 is 0. The third-order valence-corrected chi connectivity index (χ3v) is 4.58. The zero-order valence-corrected chi connectivity index (χ0v) is 15.1. The van der Waals surface area contributed by atoms with E-state index in [1.807, 2.05) is 25.7 Å². The van der Waals surface area contributed by atoms with Crippen molar-refractivity contribution in [1.29, 1.82) is 0 Å². The number of carbonyl (C=O) groups excluding carboxylic acids is 2. The molecular formula is C17H31N3O4. The van der Waals surface area contributed by atoms with E-state index in [2.05, 4.69) is 10.2 Å². The van der Waals surface area contributed by atoms with Gasteiger partial charge < -0.3 is 19.7 Å². The average molecular weight is 341 g/mol. The van der Waals surface area contributed by atoms with Gasteiger partial charge in [-0.2, -0.15) is 0 Å². The Morgan fingerprint density at radius 2 is 1.92 bits per heavy atom. The molecule has 2 rings (SSSR count). The van der Waals surface area contributed by atoms with Gasteiger partial charge in [-0.05, 0) is 33.6 Å². The van der Waals surface area contributed by atoms with Crippen molar-refractivity contribution in [2.45, 2.75) is 51.8 Å². The molecule has 2 amide bonds. The molecule has 138 valence electrons. The zero-order valence-electron chi connectivity index (χ0n) is 15.1. The van der Waals surface area contributed by atoms with Crippen molar-refractivity contribution in [2.24, 2.45) is 0 Å². The molecule has 7 nitrogen and oxygen atoms in total. The van der Waals surface area contributed by atoms with Gasteiger partial charge in [-0.3, -0.25) is 14.5 Å². The first-order valence-electron chi connectivity index (χ1n) is 8.99. The van der Waals surface area contributed by atoms with E-state index in [4.69, 9.17) is 9.47 Å². The van der Waals surface area contributed by atoms with Crippen LogP contribution in [0.5, 0.6) is 0 Å². The van der Waals surface area contributed by atoms with E-state index in [0.717, 1.165) is 19.4 Å². The lowest BCUT2D eigenvalue weighted by atomic mass is 10.2. The number of carbonyl (C=O) groups is 2. The van der Waals surface area contributed by atoms with Crippen molar-refractivity contribution in [3.63, 3.8) is 0 Å². The van der Waals surface area contributed by atoms with Crippen molar-refractivity contribution in [1.82, 2.24) is 15.1 Å². The number of amides is 2. The number of hydrogen-bond acceptors (Lipinski definition) is 5. The lowest BCUT2D eigenvalue weighted by molar-refractivity contribution is -0.139. The number of hydrogen-bond donors (Lipinski definition) is 1. The third-order valence-electron chi connectivity index (χ3n) is 4.58. The summed E-state index contributed by atoms with van der Waals surface area (Å²) < 4.78 is 11.0. The van der Waals surface area contributed by atoms with E-state index in [1.165, 1.54) is 0 Å². The summed E-state index contributed by atoms with van der Waals surface area (Å²) in [6.45, 7) is 9.95. The van der Waals surface area contributed by atoms with Gasteiger partial charge in [0.05, 0.1) is 18.8 Å². The fourth-order valence-corrected chi connectivity index (χ4v) is 3.07. The summed E-state index contributed by atoms with van der Waals surface area (Å²) in [7, 11) is 0. The monoisotopic (exact) mass is 341 g/mol. The van der Waals surface area contributed by atoms with Crippen LogP contribution in [0.2, 0.25) is 0 Å². The molecule has 0 aromatic heterocycles. The maximum atomic E-state index is 12.2. The Bertz CT molecular complexity index is 416. The molecule has 24 heavy (non-hydrogen) atoms. The van der Waals surface area contributed by atoms with Gasteiger partial charge >= 0.3 is 0 Å². The topological polar surface area (TPSA) is 71.1 Å². The third kappa shape index (κ3) is 5.72. The predicted octanol–water partition coefficient (Wildman–Crippen LogP) is 0.239. The van der Waals surface area contributed by atoms with Crippen LogP contribution in [0.15, 0.2) is 0 Å². The molecule has 2 aliphatic rings. The molecule has 2 fully saturated rings. The molecule has 2 heterocycles. The molecule has 0 aromatic rings. The van der Waals surface area contributed by atoms with E-state index < -0.39 is 0 Å². The van der Waals surface area contributed by atoms with E-state index in [0.29, 0.717) is 32.8 Å². The van der Waals surface area contributed by atoms with Crippen molar-refractivity contribution in [2.75, 3.05) is 46.0 Å². The first-order chi connectivity index (χ1) is 11.5. The summed E-state index contributed by atoms with van der Waals surface area (Å²) in [5.41, 5.74) is 0. The number of piperazine rings is 1. The van der Waals surface area contributed by atoms with Gasteiger partial charge in [0, 0.05) is 38.8 Å². The Hall–Kier alpha value is -1.18. The Kier molecular flexibility index (Phi) is 7.45. The molecule has 7 heteroatoms. The van der Waals surface area contributed by atoms with Gasteiger partial charge in [-0.1, -0.05) is 0 Å². The standard InChI is InChI=1S/C17H31N3O4/c1-13(2)18-17(22)14(3)19-6-8-20(9-7-19)16(21)12-23-11-15-5-4-10-24-15/h13-15H,4-12H2,1-3H3,(H,18,22)/t14-,15-/m0/s1. The van der Waals surface area contributed by atoms with Crippen molar-refractivity contribution in [3.05, 3.63) is 0 Å². The molecule has 2 aliphatic heterocycles. The van der Waals surface area contributed by atoms with Crippen LogP contribution in [0, 0.1) is 0 Å². The van der Waals surface area contributed by atoms with Crippen LogP contribution in [0.1, 0.15) is 33.6 Å². The molecule has 0 bridgehead atoms. The molecule has 0 unspecified atom stereocenters. The second kappa shape index (κ2) is 9.34. The Labute approximate surface area is 144 Å². The number of nitrogens with zero attached hydrogens (tertiary/aromatic N) is 2. The summed E-state index contributed by atoms with van der Waals surface area (Å²) in [5, 5.41) is 2.94. The molecule has 0 saturated carbocycles. The summed E-state index contributed by atoms with van der Waals surface area (Å²) in [4.78, 5) is 28.2. The molecule has 0 aliphatic carbocycles. The smallest absolute Gasteiger partial charge is 0.248 e. The highest BCUT2D eigenvalue weighted by Gasteiger charge is 2.27. The van der Waals surface area contributed by atoms with Gasteiger partial charge in [-0.25, -0.2) is 0 Å². The number of ether oxygens (including phenoxy) is 2. The summed E-state index contributed by atoms with van der Waals surface area (Å²) in [5.74, 6) is 0.0663. The van der Waals surface area contributed by atoms with Gasteiger partial charge in [0.25, 0.3) is 0 Å². The van der Waals surface area contributed by atoms with E-state index in [-0.39, 0.29) is 36.6 Å². The molecule has 0 aromatic carbocycles. The first kappa shape index (κ1) is 19.1. The second-order valence-electron chi connectivity index (χ2n) is 6.91. The molecule has 0 spiro atoms.